The van der Waals surface area contributed by atoms with Crippen molar-refractivity contribution in [3.8, 4) is 11.8 Å². The number of nitrogens with one attached hydrogen (secondary N) is 1. The molecule has 0 radical (unpaired) electrons. The van der Waals surface area contributed by atoms with Crippen molar-refractivity contribution in [3.63, 3.8) is 0 Å². The second kappa shape index (κ2) is 4.99. The van der Waals surface area contributed by atoms with Gasteiger partial charge in [-0.05, 0) is 49.1 Å². The van der Waals surface area contributed by atoms with E-state index in [4.69, 9.17) is 5.11 Å². The molecule has 3 rings (SSSR count). The van der Waals surface area contributed by atoms with Gasteiger partial charge in [-0.2, -0.15) is 0 Å². The second-order valence-electron chi connectivity index (χ2n) is 5.44. The van der Waals surface area contributed by atoms with Gasteiger partial charge in [0.1, 0.15) is 6.61 Å². The van der Waals surface area contributed by atoms with E-state index >= 15 is 0 Å². The van der Waals surface area contributed by atoms with Crippen molar-refractivity contribution < 1.29 is 9.90 Å². The molecule has 1 heterocycles. The van der Waals surface area contributed by atoms with Crippen LogP contribution in [0.5, 0.6) is 0 Å². The average Bonchev–Trinajstić information content (AvgIpc) is 3.31. The Labute approximate surface area is 117 Å². The number of hydrogen-bond donors (Lipinski definition) is 2. The third-order valence-electron chi connectivity index (χ3n) is 4.06. The van der Waals surface area contributed by atoms with Crippen LogP contribution in [0.3, 0.4) is 0 Å². The van der Waals surface area contributed by atoms with Crippen molar-refractivity contribution in [2.24, 2.45) is 11.3 Å². The van der Waals surface area contributed by atoms with Gasteiger partial charge in [-0.3, -0.25) is 4.79 Å². The molecular formula is C15H17NO2S. The fourth-order valence-corrected chi connectivity index (χ4v) is 3.38. The van der Waals surface area contributed by atoms with Crippen LogP contribution in [0.15, 0.2) is 12.1 Å². The van der Waals surface area contributed by atoms with Gasteiger partial charge in [0.05, 0.1) is 9.75 Å². The maximum absolute atomic E-state index is 12.1. The van der Waals surface area contributed by atoms with Crippen LogP contribution in [-0.4, -0.2) is 24.2 Å². The summed E-state index contributed by atoms with van der Waals surface area (Å²) in [6.45, 7) is 0.676. The largest absolute Gasteiger partial charge is 0.384 e. The van der Waals surface area contributed by atoms with E-state index in [1.165, 1.54) is 37.0 Å². The van der Waals surface area contributed by atoms with Gasteiger partial charge >= 0.3 is 0 Å². The Morgan fingerprint density at radius 1 is 1.47 bits per heavy atom. The molecule has 0 bridgehead atoms. The summed E-state index contributed by atoms with van der Waals surface area (Å²) in [6, 6.07) is 3.63. The van der Waals surface area contributed by atoms with E-state index in [2.05, 4.69) is 17.2 Å². The van der Waals surface area contributed by atoms with Crippen molar-refractivity contribution in [2.45, 2.75) is 25.7 Å². The van der Waals surface area contributed by atoms with Gasteiger partial charge in [-0.1, -0.05) is 11.8 Å². The highest BCUT2D eigenvalue weighted by atomic mass is 32.1. The molecule has 4 heteroatoms. The van der Waals surface area contributed by atoms with E-state index in [9.17, 15) is 4.79 Å². The summed E-state index contributed by atoms with van der Waals surface area (Å²) in [5, 5.41) is 11.7. The highest BCUT2D eigenvalue weighted by molar-refractivity contribution is 7.14. The van der Waals surface area contributed by atoms with Crippen molar-refractivity contribution in [1.82, 2.24) is 5.32 Å². The summed E-state index contributed by atoms with van der Waals surface area (Å²) in [5.74, 6) is 6.28. The van der Waals surface area contributed by atoms with Gasteiger partial charge in [0.25, 0.3) is 5.91 Å². The molecule has 2 aliphatic carbocycles. The Morgan fingerprint density at radius 3 is 2.89 bits per heavy atom. The van der Waals surface area contributed by atoms with Crippen molar-refractivity contribution in [2.75, 3.05) is 13.2 Å². The first kappa shape index (κ1) is 12.7. The molecule has 1 amide bonds. The number of hydrogen-bond acceptors (Lipinski definition) is 3. The lowest BCUT2D eigenvalue weighted by Gasteiger charge is -2.14. The highest BCUT2D eigenvalue weighted by Crippen LogP contribution is 2.60. The van der Waals surface area contributed by atoms with Gasteiger partial charge in [-0.15, -0.1) is 11.3 Å². The van der Waals surface area contributed by atoms with E-state index in [-0.39, 0.29) is 12.5 Å². The highest BCUT2D eigenvalue weighted by Gasteiger charge is 2.53. The lowest BCUT2D eigenvalue weighted by atomic mass is 10.0. The second-order valence-corrected chi connectivity index (χ2v) is 6.53. The number of amides is 1. The molecule has 19 heavy (non-hydrogen) atoms. The Bertz CT molecular complexity index is 544. The van der Waals surface area contributed by atoms with Crippen molar-refractivity contribution in [3.05, 3.63) is 21.9 Å². The predicted molar refractivity (Wildman–Crippen MR) is 75.0 cm³/mol. The summed E-state index contributed by atoms with van der Waals surface area (Å²) < 4.78 is 0. The molecule has 0 unspecified atom stereocenters. The minimum atomic E-state index is -0.149. The van der Waals surface area contributed by atoms with E-state index in [0.717, 1.165) is 17.3 Å². The Kier molecular flexibility index (Phi) is 3.34. The molecule has 1 aromatic heterocycles. The van der Waals surface area contributed by atoms with Crippen LogP contribution in [0, 0.1) is 23.2 Å². The van der Waals surface area contributed by atoms with E-state index in [1.807, 2.05) is 6.07 Å². The maximum atomic E-state index is 12.1. The molecule has 1 aromatic rings. The standard InChI is InChI=1S/C15H17NO2S/c17-9-1-2-12-5-6-13(19-12)14(18)16-10-15(7-8-15)11-3-4-11/h5-6,11,17H,3-4,7-10H2,(H,16,18). The van der Waals surface area contributed by atoms with Gasteiger partial charge in [-0.25, -0.2) is 0 Å². The zero-order chi connectivity index (χ0) is 13.3. The van der Waals surface area contributed by atoms with Gasteiger partial charge < -0.3 is 10.4 Å². The normalized spacial score (nSPS) is 19.4. The molecule has 2 saturated carbocycles. The van der Waals surface area contributed by atoms with Crippen LogP contribution in [0.1, 0.15) is 40.2 Å². The zero-order valence-corrected chi connectivity index (χ0v) is 11.6. The summed E-state index contributed by atoms with van der Waals surface area (Å²) in [5.41, 5.74) is 0.437. The third kappa shape index (κ3) is 2.83. The summed E-state index contributed by atoms with van der Waals surface area (Å²) in [6.07, 6.45) is 5.23. The van der Waals surface area contributed by atoms with Crippen molar-refractivity contribution >= 4 is 17.2 Å². The maximum Gasteiger partial charge on any atom is 0.261 e. The lowest BCUT2D eigenvalue weighted by Crippen LogP contribution is -2.30. The quantitative estimate of drug-likeness (QED) is 0.826. The average molecular weight is 275 g/mol. The lowest BCUT2D eigenvalue weighted by molar-refractivity contribution is 0.0946. The topological polar surface area (TPSA) is 49.3 Å². The first-order chi connectivity index (χ1) is 9.23. The molecule has 3 nitrogen and oxygen atoms in total. The molecular weight excluding hydrogens is 258 g/mol. The first-order valence-electron chi connectivity index (χ1n) is 6.71. The summed E-state index contributed by atoms with van der Waals surface area (Å²) >= 11 is 1.38. The van der Waals surface area contributed by atoms with E-state index in [0.29, 0.717) is 10.3 Å². The minimum Gasteiger partial charge on any atom is -0.384 e. The monoisotopic (exact) mass is 275 g/mol. The fraction of sp³-hybridized carbons (Fsp3) is 0.533. The van der Waals surface area contributed by atoms with Crippen LogP contribution in [0.2, 0.25) is 0 Å². The molecule has 2 aliphatic rings. The van der Waals surface area contributed by atoms with Gasteiger partial charge in [0, 0.05) is 6.54 Å². The Balaban J connectivity index is 1.56. The van der Waals surface area contributed by atoms with Crippen LogP contribution in [0.25, 0.3) is 0 Å². The molecule has 0 aromatic carbocycles. The minimum absolute atomic E-state index is 0.00831. The first-order valence-corrected chi connectivity index (χ1v) is 7.53. The molecule has 2 N–H and O–H groups in total. The summed E-state index contributed by atoms with van der Waals surface area (Å²) in [7, 11) is 0. The predicted octanol–water partition coefficient (Wildman–Crippen LogP) is 2.01. The Morgan fingerprint density at radius 2 is 2.26 bits per heavy atom. The fourth-order valence-electron chi connectivity index (χ4n) is 2.58. The molecule has 0 saturated heterocycles. The molecule has 0 atom stereocenters. The number of rotatable bonds is 4. The molecule has 0 spiro atoms. The number of carbonyl (C=O) groups excluding carboxylic acids is 1. The van der Waals surface area contributed by atoms with E-state index < -0.39 is 0 Å². The number of carbonyl (C=O) groups is 1. The van der Waals surface area contributed by atoms with E-state index in [1.54, 1.807) is 6.07 Å². The molecule has 2 fully saturated rings. The third-order valence-corrected chi connectivity index (χ3v) is 5.06. The smallest absolute Gasteiger partial charge is 0.261 e. The number of aliphatic hydroxyl groups excluding tert-OH is 1. The number of aliphatic hydroxyl groups is 1. The zero-order valence-electron chi connectivity index (χ0n) is 10.7. The summed E-state index contributed by atoms with van der Waals surface area (Å²) in [4.78, 5) is 13.6. The van der Waals surface area contributed by atoms with Crippen LogP contribution in [-0.2, 0) is 0 Å². The van der Waals surface area contributed by atoms with Gasteiger partial charge in [0.2, 0.25) is 0 Å². The molecule has 100 valence electrons. The SMILES string of the molecule is O=C(NCC1(C2CC2)CC1)c1ccc(C#CCO)s1. The van der Waals surface area contributed by atoms with Gasteiger partial charge in [0.15, 0.2) is 0 Å². The van der Waals surface area contributed by atoms with Crippen LogP contribution >= 0.6 is 11.3 Å². The van der Waals surface area contributed by atoms with Crippen LogP contribution < -0.4 is 5.32 Å². The van der Waals surface area contributed by atoms with Crippen LogP contribution in [0.4, 0.5) is 0 Å². The molecule has 0 aliphatic heterocycles. The number of thiophene rings is 1. The Hall–Kier alpha value is -1.31. The van der Waals surface area contributed by atoms with Crippen molar-refractivity contribution in [1.29, 1.82) is 0 Å².